The van der Waals surface area contributed by atoms with Gasteiger partial charge in [-0.05, 0) is 49.9 Å². The quantitative estimate of drug-likeness (QED) is 0.536. The molecule has 1 aromatic carbocycles. The fraction of sp³-hybridized carbons (Fsp3) is 0.400. The molecule has 1 heteroatoms. The summed E-state index contributed by atoms with van der Waals surface area (Å²) in [5.74, 6) is -0.0619. The Morgan fingerprint density at radius 2 is 1.45 bits per heavy atom. The van der Waals surface area contributed by atoms with Crippen LogP contribution in [0.1, 0.15) is 22.3 Å². The molecule has 0 radical (unpaired) electrons. The highest BCUT2D eigenvalue weighted by atomic mass is 19.1. The van der Waals surface area contributed by atoms with E-state index in [2.05, 4.69) is 0 Å². The maximum absolute atomic E-state index is 13.2. The van der Waals surface area contributed by atoms with Crippen LogP contribution < -0.4 is 0 Å². The van der Waals surface area contributed by atoms with Crippen molar-refractivity contribution in [3.8, 4) is 0 Å². The van der Waals surface area contributed by atoms with Crippen molar-refractivity contribution in [2.45, 2.75) is 27.7 Å². The van der Waals surface area contributed by atoms with Gasteiger partial charge in [0.2, 0.25) is 0 Å². The molecule has 0 spiro atoms. The number of halogens is 1. The molecule has 0 aliphatic carbocycles. The van der Waals surface area contributed by atoms with Gasteiger partial charge in [0.25, 0.3) is 0 Å². The van der Waals surface area contributed by atoms with Gasteiger partial charge in [0.05, 0.1) is 0 Å². The maximum Gasteiger partial charge on any atom is 0.129 e. The second kappa shape index (κ2) is 2.65. The van der Waals surface area contributed by atoms with Crippen molar-refractivity contribution in [3.63, 3.8) is 0 Å². The zero-order chi connectivity index (χ0) is 8.59. The standard InChI is InChI=1S/C10H13F/c1-6-5-7(2)10(11)9(4)8(6)3/h5H,1-4H3. The van der Waals surface area contributed by atoms with Crippen LogP contribution in [0.4, 0.5) is 4.39 Å². The Balaban J connectivity index is 3.46. The Labute approximate surface area is 67.1 Å². The van der Waals surface area contributed by atoms with Gasteiger partial charge in [-0.2, -0.15) is 0 Å². The third-order valence-electron chi connectivity index (χ3n) is 2.26. The first-order valence-electron chi connectivity index (χ1n) is 3.77. The first-order valence-corrected chi connectivity index (χ1v) is 3.77. The number of hydrogen-bond acceptors (Lipinski definition) is 0. The molecule has 0 amide bonds. The second-order valence-electron chi connectivity index (χ2n) is 3.07. The molecule has 1 rings (SSSR count). The summed E-state index contributed by atoms with van der Waals surface area (Å²) in [7, 11) is 0. The predicted octanol–water partition coefficient (Wildman–Crippen LogP) is 3.06. The molecule has 11 heavy (non-hydrogen) atoms. The van der Waals surface area contributed by atoms with Crippen molar-refractivity contribution in [1.29, 1.82) is 0 Å². The highest BCUT2D eigenvalue weighted by Gasteiger charge is 2.05. The van der Waals surface area contributed by atoms with Crippen molar-refractivity contribution >= 4 is 0 Å². The Kier molecular flexibility index (Phi) is 1.99. The van der Waals surface area contributed by atoms with Gasteiger partial charge in [0.15, 0.2) is 0 Å². The minimum absolute atomic E-state index is 0.0619. The molecule has 0 nitrogen and oxygen atoms in total. The van der Waals surface area contributed by atoms with Gasteiger partial charge >= 0.3 is 0 Å². The van der Waals surface area contributed by atoms with Crippen molar-refractivity contribution in [2.24, 2.45) is 0 Å². The fourth-order valence-corrected chi connectivity index (χ4v) is 1.25. The van der Waals surface area contributed by atoms with Crippen molar-refractivity contribution in [2.75, 3.05) is 0 Å². The Bertz CT molecular complexity index is 261. The van der Waals surface area contributed by atoms with Crippen LogP contribution in [0.25, 0.3) is 0 Å². The Morgan fingerprint density at radius 1 is 0.909 bits per heavy atom. The highest BCUT2D eigenvalue weighted by Crippen LogP contribution is 2.19. The summed E-state index contributed by atoms with van der Waals surface area (Å²) in [5.41, 5.74) is 3.75. The highest BCUT2D eigenvalue weighted by molar-refractivity contribution is 5.37. The second-order valence-corrected chi connectivity index (χ2v) is 3.07. The molecule has 0 fully saturated rings. The molecule has 0 saturated heterocycles. The number of benzene rings is 1. The molecule has 0 aliphatic heterocycles. The lowest BCUT2D eigenvalue weighted by molar-refractivity contribution is 0.607. The van der Waals surface area contributed by atoms with Crippen LogP contribution in [0.5, 0.6) is 0 Å². The molecule has 0 N–H and O–H groups in total. The number of rotatable bonds is 0. The van der Waals surface area contributed by atoms with Crippen LogP contribution in [0, 0.1) is 33.5 Å². The van der Waals surface area contributed by atoms with Crippen LogP contribution in [-0.4, -0.2) is 0 Å². The van der Waals surface area contributed by atoms with Crippen molar-refractivity contribution in [1.82, 2.24) is 0 Å². The van der Waals surface area contributed by atoms with Gasteiger partial charge < -0.3 is 0 Å². The van der Waals surface area contributed by atoms with Crippen molar-refractivity contribution < 1.29 is 4.39 Å². The fourth-order valence-electron chi connectivity index (χ4n) is 1.25. The largest absolute Gasteiger partial charge is 0.206 e. The van der Waals surface area contributed by atoms with Crippen LogP contribution in [-0.2, 0) is 0 Å². The van der Waals surface area contributed by atoms with E-state index in [0.29, 0.717) is 0 Å². The van der Waals surface area contributed by atoms with E-state index in [-0.39, 0.29) is 5.82 Å². The van der Waals surface area contributed by atoms with E-state index in [4.69, 9.17) is 0 Å². The Hall–Kier alpha value is -0.850. The Morgan fingerprint density at radius 3 is 2.00 bits per heavy atom. The summed E-state index contributed by atoms with van der Waals surface area (Å²) < 4.78 is 13.2. The normalized spacial score (nSPS) is 10.3. The molecule has 0 saturated carbocycles. The van der Waals surface area contributed by atoms with Gasteiger partial charge in [-0.3, -0.25) is 0 Å². The first kappa shape index (κ1) is 8.25. The monoisotopic (exact) mass is 152 g/mol. The summed E-state index contributed by atoms with van der Waals surface area (Å²) in [6.07, 6.45) is 0. The lowest BCUT2D eigenvalue weighted by Gasteiger charge is -2.07. The summed E-state index contributed by atoms with van der Waals surface area (Å²) in [4.78, 5) is 0. The zero-order valence-corrected chi connectivity index (χ0v) is 7.46. The predicted molar refractivity (Wildman–Crippen MR) is 45.3 cm³/mol. The lowest BCUT2D eigenvalue weighted by Crippen LogP contribution is -1.94. The van der Waals surface area contributed by atoms with E-state index in [1.54, 1.807) is 6.92 Å². The van der Waals surface area contributed by atoms with Crippen LogP contribution >= 0.6 is 0 Å². The van der Waals surface area contributed by atoms with Gasteiger partial charge in [0, 0.05) is 0 Å². The summed E-state index contributed by atoms with van der Waals surface area (Å²) in [6.45, 7) is 7.58. The first-order chi connectivity index (χ1) is 5.04. The van der Waals surface area contributed by atoms with E-state index in [1.807, 2.05) is 26.8 Å². The third kappa shape index (κ3) is 1.28. The smallest absolute Gasteiger partial charge is 0.129 e. The average molecular weight is 152 g/mol. The number of aryl methyl sites for hydroxylation is 2. The van der Waals surface area contributed by atoms with Crippen LogP contribution in [0.15, 0.2) is 6.07 Å². The molecule has 0 bridgehead atoms. The zero-order valence-electron chi connectivity index (χ0n) is 7.46. The molecule has 0 unspecified atom stereocenters. The van der Waals surface area contributed by atoms with E-state index < -0.39 is 0 Å². The van der Waals surface area contributed by atoms with E-state index in [1.165, 1.54) is 5.56 Å². The third-order valence-corrected chi connectivity index (χ3v) is 2.26. The molecule has 0 heterocycles. The number of hydrogen-bond donors (Lipinski definition) is 0. The molecular formula is C10H13F. The molecule has 0 atom stereocenters. The average Bonchev–Trinajstić information content (AvgIpc) is 1.97. The maximum atomic E-state index is 13.2. The van der Waals surface area contributed by atoms with Crippen LogP contribution in [0.2, 0.25) is 0 Å². The molecule has 60 valence electrons. The SMILES string of the molecule is Cc1cc(C)c(F)c(C)c1C. The van der Waals surface area contributed by atoms with E-state index in [0.717, 1.165) is 16.7 Å². The topological polar surface area (TPSA) is 0 Å². The minimum Gasteiger partial charge on any atom is -0.206 e. The molecule has 0 aliphatic rings. The minimum atomic E-state index is -0.0619. The summed E-state index contributed by atoms with van der Waals surface area (Å²) in [6, 6.07) is 1.89. The lowest BCUT2D eigenvalue weighted by atomic mass is 10.0. The van der Waals surface area contributed by atoms with Crippen molar-refractivity contribution in [3.05, 3.63) is 34.1 Å². The van der Waals surface area contributed by atoms with Crippen LogP contribution in [0.3, 0.4) is 0 Å². The molecule has 0 aromatic heterocycles. The van der Waals surface area contributed by atoms with E-state index in [9.17, 15) is 4.39 Å². The summed E-state index contributed by atoms with van der Waals surface area (Å²) >= 11 is 0. The van der Waals surface area contributed by atoms with Gasteiger partial charge in [0.1, 0.15) is 5.82 Å². The molecular weight excluding hydrogens is 139 g/mol. The molecule has 1 aromatic rings. The summed E-state index contributed by atoms with van der Waals surface area (Å²) in [5, 5.41) is 0. The van der Waals surface area contributed by atoms with Gasteiger partial charge in [-0.25, -0.2) is 4.39 Å². The van der Waals surface area contributed by atoms with Gasteiger partial charge in [-0.1, -0.05) is 6.07 Å². The van der Waals surface area contributed by atoms with Gasteiger partial charge in [-0.15, -0.1) is 0 Å². The van der Waals surface area contributed by atoms with E-state index >= 15 is 0 Å².